The van der Waals surface area contributed by atoms with Gasteiger partial charge in [-0.1, -0.05) is 23.8 Å². The van der Waals surface area contributed by atoms with E-state index in [0.717, 1.165) is 11.3 Å². The van der Waals surface area contributed by atoms with Crippen molar-refractivity contribution in [2.24, 2.45) is 0 Å². The van der Waals surface area contributed by atoms with Crippen LogP contribution in [0.3, 0.4) is 0 Å². The minimum atomic E-state index is 0.226. The molecule has 0 bridgehead atoms. The Morgan fingerprint density at radius 1 is 1.12 bits per heavy atom. The number of aromatic hydroxyl groups is 1. The summed E-state index contributed by atoms with van der Waals surface area (Å²) >= 11 is 0. The number of phenols is 1. The molecule has 0 fully saturated rings. The molecule has 88 valence electrons. The average Bonchev–Trinajstić information content (AvgIpc) is 2.31. The van der Waals surface area contributed by atoms with Gasteiger partial charge >= 0.3 is 0 Å². The van der Waals surface area contributed by atoms with Crippen LogP contribution in [-0.2, 0) is 6.54 Å². The second-order valence-electron chi connectivity index (χ2n) is 4.06. The molecule has 2 aromatic rings. The van der Waals surface area contributed by atoms with Crippen molar-refractivity contribution in [2.45, 2.75) is 13.5 Å². The molecule has 0 aliphatic heterocycles. The first-order valence-electron chi connectivity index (χ1n) is 5.53. The summed E-state index contributed by atoms with van der Waals surface area (Å²) in [5.74, 6) is 0.226. The maximum atomic E-state index is 9.69. The topological polar surface area (TPSA) is 58.3 Å². The van der Waals surface area contributed by atoms with Crippen molar-refractivity contribution in [3.8, 4) is 5.75 Å². The van der Waals surface area contributed by atoms with Crippen molar-refractivity contribution in [3.63, 3.8) is 0 Å². The molecule has 0 aromatic heterocycles. The Morgan fingerprint density at radius 3 is 2.47 bits per heavy atom. The lowest BCUT2D eigenvalue weighted by atomic mass is 10.1. The molecule has 0 unspecified atom stereocenters. The van der Waals surface area contributed by atoms with E-state index in [1.807, 2.05) is 31.2 Å². The zero-order valence-electron chi connectivity index (χ0n) is 9.77. The summed E-state index contributed by atoms with van der Waals surface area (Å²) < 4.78 is 0. The molecule has 0 radical (unpaired) electrons. The van der Waals surface area contributed by atoms with Gasteiger partial charge in [0, 0.05) is 23.5 Å². The monoisotopic (exact) mass is 228 g/mol. The van der Waals surface area contributed by atoms with Crippen LogP contribution in [0.5, 0.6) is 5.75 Å². The van der Waals surface area contributed by atoms with Crippen LogP contribution in [0.2, 0.25) is 0 Å². The van der Waals surface area contributed by atoms with E-state index in [0.29, 0.717) is 12.2 Å². The lowest BCUT2D eigenvalue weighted by molar-refractivity contribution is 0.469. The molecular weight excluding hydrogens is 212 g/mol. The van der Waals surface area contributed by atoms with E-state index in [1.165, 1.54) is 5.56 Å². The lowest BCUT2D eigenvalue weighted by Gasteiger charge is -2.10. The van der Waals surface area contributed by atoms with E-state index in [-0.39, 0.29) is 5.75 Å². The van der Waals surface area contributed by atoms with E-state index < -0.39 is 0 Å². The van der Waals surface area contributed by atoms with Crippen molar-refractivity contribution in [1.82, 2.24) is 0 Å². The number of anilines is 2. The van der Waals surface area contributed by atoms with Crippen LogP contribution < -0.4 is 11.1 Å². The number of rotatable bonds is 3. The number of nitrogen functional groups attached to an aromatic ring is 1. The molecule has 0 saturated carbocycles. The van der Waals surface area contributed by atoms with Gasteiger partial charge < -0.3 is 16.2 Å². The molecule has 0 atom stereocenters. The molecule has 0 aliphatic carbocycles. The van der Waals surface area contributed by atoms with Gasteiger partial charge in [0.2, 0.25) is 0 Å². The average molecular weight is 228 g/mol. The third-order valence-corrected chi connectivity index (χ3v) is 2.71. The van der Waals surface area contributed by atoms with Crippen LogP contribution in [-0.4, -0.2) is 5.11 Å². The molecule has 2 rings (SSSR count). The summed E-state index contributed by atoms with van der Waals surface area (Å²) in [6.45, 7) is 2.56. The summed E-state index contributed by atoms with van der Waals surface area (Å²) in [5, 5.41) is 12.9. The van der Waals surface area contributed by atoms with Gasteiger partial charge in [-0.25, -0.2) is 0 Å². The number of nitrogens with one attached hydrogen (secondary N) is 1. The number of aryl methyl sites for hydroxylation is 1. The summed E-state index contributed by atoms with van der Waals surface area (Å²) in [5.41, 5.74) is 9.37. The number of phenolic OH excluding ortho intramolecular Hbond substituents is 1. The number of hydrogen-bond donors (Lipinski definition) is 3. The molecule has 0 heterocycles. The molecule has 3 heteroatoms. The van der Waals surface area contributed by atoms with E-state index >= 15 is 0 Å². The van der Waals surface area contributed by atoms with Gasteiger partial charge in [-0.3, -0.25) is 0 Å². The molecule has 3 nitrogen and oxygen atoms in total. The fraction of sp³-hybridized carbons (Fsp3) is 0.143. The molecule has 0 saturated heterocycles. The Balaban J connectivity index is 2.10. The quantitative estimate of drug-likeness (QED) is 0.708. The molecular formula is C14H16N2O. The normalized spacial score (nSPS) is 10.2. The van der Waals surface area contributed by atoms with Crippen LogP contribution in [0.25, 0.3) is 0 Å². The second kappa shape index (κ2) is 4.78. The molecule has 17 heavy (non-hydrogen) atoms. The standard InChI is InChI=1S/C14H16N2O/c1-10-5-7-11(8-6-10)16-9-12-13(15)3-2-4-14(12)17/h2-8,16-17H,9,15H2,1H3. The highest BCUT2D eigenvalue weighted by Crippen LogP contribution is 2.23. The van der Waals surface area contributed by atoms with Crippen molar-refractivity contribution in [3.05, 3.63) is 53.6 Å². The van der Waals surface area contributed by atoms with Crippen LogP contribution in [0.4, 0.5) is 11.4 Å². The molecule has 4 N–H and O–H groups in total. The zero-order chi connectivity index (χ0) is 12.3. The zero-order valence-corrected chi connectivity index (χ0v) is 9.77. The van der Waals surface area contributed by atoms with E-state index in [4.69, 9.17) is 5.73 Å². The Hall–Kier alpha value is -2.16. The van der Waals surface area contributed by atoms with Gasteiger partial charge in [0.1, 0.15) is 5.75 Å². The first-order chi connectivity index (χ1) is 8.16. The Labute approximate surface area is 101 Å². The first kappa shape index (κ1) is 11.3. The number of hydrogen-bond acceptors (Lipinski definition) is 3. The van der Waals surface area contributed by atoms with Crippen molar-refractivity contribution < 1.29 is 5.11 Å². The largest absolute Gasteiger partial charge is 0.508 e. The van der Waals surface area contributed by atoms with E-state index in [2.05, 4.69) is 5.32 Å². The van der Waals surface area contributed by atoms with Gasteiger partial charge in [-0.15, -0.1) is 0 Å². The van der Waals surface area contributed by atoms with Crippen LogP contribution >= 0.6 is 0 Å². The number of nitrogens with two attached hydrogens (primary N) is 1. The Kier molecular flexibility index (Phi) is 3.19. The van der Waals surface area contributed by atoms with Gasteiger partial charge in [0.05, 0.1) is 0 Å². The van der Waals surface area contributed by atoms with Gasteiger partial charge in [-0.2, -0.15) is 0 Å². The van der Waals surface area contributed by atoms with Gasteiger partial charge in [0.25, 0.3) is 0 Å². The number of benzene rings is 2. The summed E-state index contributed by atoms with van der Waals surface area (Å²) in [6, 6.07) is 13.2. The minimum absolute atomic E-state index is 0.226. The highest BCUT2D eigenvalue weighted by Gasteiger charge is 2.04. The molecule has 0 aliphatic rings. The molecule has 0 spiro atoms. The van der Waals surface area contributed by atoms with E-state index in [9.17, 15) is 5.11 Å². The predicted octanol–water partition coefficient (Wildman–Crippen LogP) is 2.89. The first-order valence-corrected chi connectivity index (χ1v) is 5.53. The van der Waals surface area contributed by atoms with Gasteiger partial charge in [0.15, 0.2) is 0 Å². The van der Waals surface area contributed by atoms with Crippen molar-refractivity contribution >= 4 is 11.4 Å². The predicted molar refractivity (Wildman–Crippen MR) is 71.0 cm³/mol. The molecule has 2 aromatic carbocycles. The smallest absolute Gasteiger partial charge is 0.122 e. The lowest BCUT2D eigenvalue weighted by Crippen LogP contribution is -2.03. The summed E-state index contributed by atoms with van der Waals surface area (Å²) in [7, 11) is 0. The van der Waals surface area contributed by atoms with E-state index in [1.54, 1.807) is 18.2 Å². The fourth-order valence-corrected chi connectivity index (χ4v) is 1.65. The maximum absolute atomic E-state index is 9.69. The van der Waals surface area contributed by atoms with Crippen molar-refractivity contribution in [1.29, 1.82) is 0 Å². The van der Waals surface area contributed by atoms with Crippen LogP contribution in [0.1, 0.15) is 11.1 Å². The highest BCUT2D eigenvalue weighted by molar-refractivity contribution is 5.56. The third-order valence-electron chi connectivity index (χ3n) is 2.71. The fourth-order valence-electron chi connectivity index (χ4n) is 1.65. The van der Waals surface area contributed by atoms with Crippen LogP contribution in [0.15, 0.2) is 42.5 Å². The Morgan fingerprint density at radius 2 is 1.82 bits per heavy atom. The maximum Gasteiger partial charge on any atom is 0.122 e. The van der Waals surface area contributed by atoms with Gasteiger partial charge in [-0.05, 0) is 31.2 Å². The Bertz CT molecular complexity index is 486. The SMILES string of the molecule is Cc1ccc(NCc2c(N)cccc2O)cc1. The third kappa shape index (κ3) is 2.69. The highest BCUT2D eigenvalue weighted by atomic mass is 16.3. The second-order valence-corrected chi connectivity index (χ2v) is 4.06. The molecule has 0 amide bonds. The summed E-state index contributed by atoms with van der Waals surface area (Å²) in [4.78, 5) is 0. The minimum Gasteiger partial charge on any atom is -0.508 e. The summed E-state index contributed by atoms with van der Waals surface area (Å²) in [6.07, 6.45) is 0. The van der Waals surface area contributed by atoms with Crippen molar-refractivity contribution in [2.75, 3.05) is 11.1 Å². The van der Waals surface area contributed by atoms with Crippen LogP contribution in [0, 0.1) is 6.92 Å².